The molecule has 0 radical (unpaired) electrons. The van der Waals surface area contributed by atoms with Crippen molar-refractivity contribution in [1.82, 2.24) is 0 Å². The predicted molar refractivity (Wildman–Crippen MR) is 79.7 cm³/mol. The van der Waals surface area contributed by atoms with Crippen molar-refractivity contribution in [2.75, 3.05) is 6.61 Å². The summed E-state index contributed by atoms with van der Waals surface area (Å²) in [5.41, 5.74) is 0.391. The highest BCUT2D eigenvalue weighted by Crippen LogP contribution is 2.28. The van der Waals surface area contributed by atoms with Crippen LogP contribution < -0.4 is 4.74 Å². The lowest BCUT2D eigenvalue weighted by molar-refractivity contribution is -0.385. The van der Waals surface area contributed by atoms with Crippen LogP contribution in [-0.4, -0.2) is 17.3 Å². The second kappa shape index (κ2) is 6.15. The quantitative estimate of drug-likeness (QED) is 0.461. The highest BCUT2D eigenvalue weighted by molar-refractivity contribution is 9.10. The normalized spacial score (nSPS) is 10.3. The molecule has 2 aromatic rings. The molecule has 0 unspecified atom stereocenters. The summed E-state index contributed by atoms with van der Waals surface area (Å²) in [7, 11) is 0. The van der Waals surface area contributed by atoms with E-state index in [1.54, 1.807) is 24.4 Å². The molecule has 20 heavy (non-hydrogen) atoms. The van der Waals surface area contributed by atoms with Crippen molar-refractivity contribution in [1.29, 1.82) is 0 Å². The molecule has 0 saturated heterocycles. The molecule has 5 nitrogen and oxygen atoms in total. The van der Waals surface area contributed by atoms with Crippen molar-refractivity contribution in [3.05, 3.63) is 54.7 Å². The third-order valence-corrected chi connectivity index (χ3v) is 4.56. The van der Waals surface area contributed by atoms with Gasteiger partial charge in [-0.3, -0.25) is 14.9 Å². The van der Waals surface area contributed by atoms with Gasteiger partial charge < -0.3 is 4.74 Å². The maximum atomic E-state index is 12.0. The van der Waals surface area contributed by atoms with Crippen molar-refractivity contribution in [2.45, 2.75) is 6.92 Å². The molecule has 0 aliphatic carbocycles. The minimum atomic E-state index is -0.472. The van der Waals surface area contributed by atoms with E-state index in [0.29, 0.717) is 16.2 Å². The molecule has 1 aromatic heterocycles. The summed E-state index contributed by atoms with van der Waals surface area (Å²) in [6, 6.07) is 6.33. The number of Topliss-reactive ketones (excluding diaryl/α,β-unsaturated/α-hetero) is 1. The molecule has 104 valence electrons. The number of benzene rings is 1. The van der Waals surface area contributed by atoms with Gasteiger partial charge in [-0.15, -0.1) is 11.3 Å². The molecular formula is C13H10BrNO4S. The minimum Gasteiger partial charge on any atom is -0.485 e. The van der Waals surface area contributed by atoms with E-state index in [1.165, 1.54) is 23.5 Å². The number of hydrogen-bond acceptors (Lipinski definition) is 5. The highest BCUT2D eigenvalue weighted by Gasteiger charge is 2.16. The molecule has 0 aliphatic heterocycles. The van der Waals surface area contributed by atoms with Crippen LogP contribution in [0.25, 0.3) is 0 Å². The fourth-order valence-electron chi connectivity index (χ4n) is 1.66. The van der Waals surface area contributed by atoms with Crippen molar-refractivity contribution >= 4 is 38.7 Å². The summed E-state index contributed by atoms with van der Waals surface area (Å²) in [5.74, 6) is 0.179. The van der Waals surface area contributed by atoms with Crippen LogP contribution in [0.15, 0.2) is 34.1 Å². The van der Waals surface area contributed by atoms with Gasteiger partial charge in [-0.05, 0) is 40.4 Å². The van der Waals surface area contributed by atoms with Crippen LogP contribution in [0.1, 0.15) is 15.2 Å². The molecule has 7 heteroatoms. The lowest BCUT2D eigenvalue weighted by Crippen LogP contribution is -2.11. The smallest absolute Gasteiger partial charge is 0.276 e. The van der Waals surface area contributed by atoms with Gasteiger partial charge in [0.15, 0.2) is 6.61 Å². The summed E-state index contributed by atoms with van der Waals surface area (Å²) in [4.78, 5) is 22.9. The molecule has 2 rings (SSSR count). The number of halogens is 1. The number of nitro groups is 1. The first-order valence-corrected chi connectivity index (χ1v) is 7.31. The molecule has 0 aliphatic rings. The van der Waals surface area contributed by atoms with E-state index in [4.69, 9.17) is 4.74 Å². The lowest BCUT2D eigenvalue weighted by Gasteiger charge is -2.08. The van der Waals surface area contributed by atoms with E-state index in [1.807, 2.05) is 0 Å². The third-order valence-electron chi connectivity index (χ3n) is 2.68. The van der Waals surface area contributed by atoms with Crippen LogP contribution in [0.3, 0.4) is 0 Å². The van der Waals surface area contributed by atoms with Gasteiger partial charge in [0.05, 0.1) is 15.4 Å². The zero-order chi connectivity index (χ0) is 14.7. The van der Waals surface area contributed by atoms with Gasteiger partial charge in [-0.25, -0.2) is 0 Å². The largest absolute Gasteiger partial charge is 0.485 e. The van der Waals surface area contributed by atoms with Crippen LogP contribution in [0.5, 0.6) is 5.75 Å². The Morgan fingerprint density at radius 1 is 1.45 bits per heavy atom. The van der Waals surface area contributed by atoms with E-state index in [-0.39, 0.29) is 18.1 Å². The molecule has 0 amide bonds. The van der Waals surface area contributed by atoms with Gasteiger partial charge >= 0.3 is 0 Å². The first-order chi connectivity index (χ1) is 9.50. The van der Waals surface area contributed by atoms with Gasteiger partial charge in [-0.1, -0.05) is 6.07 Å². The number of hydrogen-bond donors (Lipinski definition) is 0. The Balaban J connectivity index is 2.12. The Hall–Kier alpha value is -1.73. The zero-order valence-corrected chi connectivity index (χ0v) is 12.9. The number of carbonyl (C=O) groups is 1. The average molecular weight is 356 g/mol. The van der Waals surface area contributed by atoms with E-state index < -0.39 is 4.92 Å². The Morgan fingerprint density at radius 2 is 2.20 bits per heavy atom. The first-order valence-electron chi connectivity index (χ1n) is 5.63. The molecule has 0 spiro atoms. The number of rotatable bonds is 5. The molecule has 0 N–H and O–H groups in total. The van der Waals surface area contributed by atoms with Crippen molar-refractivity contribution in [3.8, 4) is 5.75 Å². The second-order valence-corrected chi connectivity index (χ2v) is 5.74. The van der Waals surface area contributed by atoms with Crippen molar-refractivity contribution < 1.29 is 14.5 Å². The number of thiophene rings is 1. The van der Waals surface area contributed by atoms with E-state index in [0.717, 1.165) is 4.47 Å². The Labute approximate surface area is 127 Å². The zero-order valence-electron chi connectivity index (χ0n) is 10.5. The Kier molecular flexibility index (Phi) is 4.51. The lowest BCUT2D eigenvalue weighted by atomic mass is 10.2. The molecule has 0 saturated carbocycles. The van der Waals surface area contributed by atoms with Crippen molar-refractivity contribution in [2.24, 2.45) is 0 Å². The maximum Gasteiger partial charge on any atom is 0.276 e. The SMILES string of the molecule is Cc1c(OCC(=O)c2sccc2Br)cccc1[N+](=O)[O-]. The fraction of sp³-hybridized carbons (Fsp3) is 0.154. The number of carbonyl (C=O) groups excluding carboxylic acids is 1. The van der Waals surface area contributed by atoms with Crippen LogP contribution in [0.2, 0.25) is 0 Å². The summed E-state index contributed by atoms with van der Waals surface area (Å²) < 4.78 is 6.13. The maximum absolute atomic E-state index is 12.0. The van der Waals surface area contributed by atoms with Crippen LogP contribution in [-0.2, 0) is 0 Å². The molecule has 1 aromatic carbocycles. The number of ether oxygens (including phenoxy) is 1. The Bertz CT molecular complexity index is 668. The summed E-state index contributed by atoms with van der Waals surface area (Å²) in [6.07, 6.45) is 0. The van der Waals surface area contributed by atoms with Gasteiger partial charge in [0, 0.05) is 10.5 Å². The number of nitro benzene ring substituents is 1. The monoisotopic (exact) mass is 355 g/mol. The summed E-state index contributed by atoms with van der Waals surface area (Å²) in [5, 5.41) is 12.6. The van der Waals surface area contributed by atoms with Crippen LogP contribution >= 0.6 is 27.3 Å². The van der Waals surface area contributed by atoms with E-state index in [9.17, 15) is 14.9 Å². The average Bonchev–Trinajstić information content (AvgIpc) is 2.83. The topological polar surface area (TPSA) is 69.4 Å². The van der Waals surface area contributed by atoms with Gasteiger partial charge in [0.2, 0.25) is 5.78 Å². The first kappa shape index (κ1) is 14.7. The van der Waals surface area contributed by atoms with Crippen LogP contribution in [0, 0.1) is 17.0 Å². The van der Waals surface area contributed by atoms with Crippen molar-refractivity contribution in [3.63, 3.8) is 0 Å². The minimum absolute atomic E-state index is 0.0211. The number of nitrogens with zero attached hydrogens (tertiary/aromatic N) is 1. The van der Waals surface area contributed by atoms with E-state index >= 15 is 0 Å². The molecule has 0 atom stereocenters. The van der Waals surface area contributed by atoms with Gasteiger partial charge in [-0.2, -0.15) is 0 Å². The predicted octanol–water partition coefficient (Wildman–Crippen LogP) is 3.99. The second-order valence-electron chi connectivity index (χ2n) is 3.97. The molecule has 0 bridgehead atoms. The third kappa shape index (κ3) is 3.05. The van der Waals surface area contributed by atoms with Gasteiger partial charge in [0.25, 0.3) is 5.69 Å². The highest BCUT2D eigenvalue weighted by atomic mass is 79.9. The molecule has 1 heterocycles. The molecular weight excluding hydrogens is 346 g/mol. The van der Waals surface area contributed by atoms with Gasteiger partial charge in [0.1, 0.15) is 5.75 Å². The summed E-state index contributed by atoms with van der Waals surface area (Å²) >= 11 is 4.60. The molecule has 0 fully saturated rings. The standard InChI is InChI=1S/C13H10BrNO4S/c1-8-10(15(17)18)3-2-4-12(8)19-7-11(16)13-9(14)5-6-20-13/h2-6H,7H2,1H3. The Morgan fingerprint density at radius 3 is 2.80 bits per heavy atom. The van der Waals surface area contributed by atoms with Crippen LogP contribution in [0.4, 0.5) is 5.69 Å². The van der Waals surface area contributed by atoms with E-state index in [2.05, 4.69) is 15.9 Å². The fourth-order valence-corrected chi connectivity index (χ4v) is 3.18. The number of ketones is 1. The summed E-state index contributed by atoms with van der Waals surface area (Å²) in [6.45, 7) is 1.44.